The number of hydrogen-bond acceptors (Lipinski definition) is 5. The average Bonchev–Trinajstić information content (AvgIpc) is 2.87. The van der Waals surface area contributed by atoms with Crippen molar-refractivity contribution in [2.45, 2.75) is 33.2 Å². The predicted octanol–water partition coefficient (Wildman–Crippen LogP) is 2.64. The molecule has 0 amide bonds. The van der Waals surface area contributed by atoms with Crippen LogP contribution in [0.2, 0.25) is 0 Å². The van der Waals surface area contributed by atoms with Gasteiger partial charge >= 0.3 is 0 Å². The highest BCUT2D eigenvalue weighted by atomic mass is 32.1. The molecule has 17 heavy (non-hydrogen) atoms. The highest BCUT2D eigenvalue weighted by Crippen LogP contribution is 2.23. The lowest BCUT2D eigenvalue weighted by Crippen LogP contribution is -2.21. The molecular weight excluding hydrogens is 234 g/mol. The Balaban J connectivity index is 1.81. The fourth-order valence-electron chi connectivity index (χ4n) is 1.76. The summed E-state index contributed by atoms with van der Waals surface area (Å²) in [5, 5.41) is 9.36. The van der Waals surface area contributed by atoms with Crippen LogP contribution in [0.5, 0.6) is 0 Å². The first-order valence-electron chi connectivity index (χ1n) is 5.73. The first kappa shape index (κ1) is 12.3. The summed E-state index contributed by atoms with van der Waals surface area (Å²) in [6, 6.07) is 2.53. The van der Waals surface area contributed by atoms with Gasteiger partial charge in [0.25, 0.3) is 0 Å². The van der Waals surface area contributed by atoms with Gasteiger partial charge in [-0.15, -0.1) is 11.3 Å². The molecule has 0 aliphatic carbocycles. The third-order valence-corrected chi connectivity index (χ3v) is 3.86. The van der Waals surface area contributed by atoms with E-state index in [4.69, 9.17) is 4.52 Å². The summed E-state index contributed by atoms with van der Waals surface area (Å²) < 4.78 is 5.06. The van der Waals surface area contributed by atoms with Gasteiger partial charge in [0.15, 0.2) is 5.82 Å². The van der Waals surface area contributed by atoms with Crippen molar-refractivity contribution in [1.82, 2.24) is 15.5 Å². The smallest absolute Gasteiger partial charge is 0.227 e. The van der Waals surface area contributed by atoms with E-state index in [9.17, 15) is 0 Å². The number of rotatable bonds is 5. The number of hydrogen-bond donors (Lipinski definition) is 1. The Morgan fingerprint density at radius 1 is 1.47 bits per heavy atom. The number of nitrogens with one attached hydrogen (secondary N) is 1. The van der Waals surface area contributed by atoms with Gasteiger partial charge in [-0.25, -0.2) is 0 Å². The molecule has 2 rings (SSSR count). The van der Waals surface area contributed by atoms with Crippen LogP contribution in [0, 0.1) is 13.8 Å². The van der Waals surface area contributed by atoms with Crippen molar-refractivity contribution < 1.29 is 4.52 Å². The van der Waals surface area contributed by atoms with Gasteiger partial charge < -0.3 is 9.84 Å². The van der Waals surface area contributed by atoms with Crippen molar-refractivity contribution in [3.63, 3.8) is 0 Å². The van der Waals surface area contributed by atoms with Gasteiger partial charge in [0, 0.05) is 23.9 Å². The third kappa shape index (κ3) is 3.14. The van der Waals surface area contributed by atoms with Crippen molar-refractivity contribution in [2.75, 3.05) is 6.54 Å². The zero-order valence-electron chi connectivity index (χ0n) is 10.4. The van der Waals surface area contributed by atoms with Gasteiger partial charge in [-0.2, -0.15) is 4.98 Å². The molecule has 2 heterocycles. The minimum atomic E-state index is 0.374. The Morgan fingerprint density at radius 3 is 2.88 bits per heavy atom. The van der Waals surface area contributed by atoms with Crippen LogP contribution in [0.4, 0.5) is 0 Å². The molecule has 0 fully saturated rings. The van der Waals surface area contributed by atoms with Gasteiger partial charge in [0.2, 0.25) is 5.89 Å². The number of thiophene rings is 1. The highest BCUT2D eigenvalue weighted by Gasteiger charge is 2.09. The summed E-state index contributed by atoms with van der Waals surface area (Å²) in [6.45, 7) is 7.00. The second-order valence-electron chi connectivity index (χ2n) is 4.13. The molecule has 2 aromatic rings. The van der Waals surface area contributed by atoms with Crippen LogP contribution in [-0.4, -0.2) is 16.7 Å². The minimum Gasteiger partial charge on any atom is -0.339 e. The third-order valence-electron chi connectivity index (χ3n) is 2.65. The van der Waals surface area contributed by atoms with E-state index >= 15 is 0 Å². The maximum Gasteiger partial charge on any atom is 0.227 e. The Bertz CT molecular complexity index is 478. The first-order valence-corrected chi connectivity index (χ1v) is 6.61. The number of aryl methyl sites for hydroxylation is 2. The topological polar surface area (TPSA) is 51.0 Å². The van der Waals surface area contributed by atoms with E-state index in [0.29, 0.717) is 17.8 Å². The zero-order valence-corrected chi connectivity index (χ0v) is 11.2. The van der Waals surface area contributed by atoms with Crippen molar-refractivity contribution in [3.8, 4) is 0 Å². The monoisotopic (exact) mass is 251 g/mol. The lowest BCUT2D eigenvalue weighted by molar-refractivity contribution is 0.370. The molecule has 1 N–H and O–H groups in total. The highest BCUT2D eigenvalue weighted by molar-refractivity contribution is 7.10. The maximum atomic E-state index is 5.06. The molecule has 0 aliphatic heterocycles. The van der Waals surface area contributed by atoms with E-state index in [1.54, 1.807) is 11.3 Å². The van der Waals surface area contributed by atoms with Crippen LogP contribution >= 0.6 is 11.3 Å². The minimum absolute atomic E-state index is 0.374. The lowest BCUT2D eigenvalue weighted by Gasteiger charge is -2.12. The molecule has 0 aromatic carbocycles. The number of nitrogens with zero attached hydrogens (tertiary/aromatic N) is 2. The molecule has 4 nitrogen and oxygen atoms in total. The molecule has 0 bridgehead atoms. The van der Waals surface area contributed by atoms with Gasteiger partial charge in [0.1, 0.15) is 0 Å². The van der Waals surface area contributed by atoms with E-state index in [1.807, 2.05) is 6.92 Å². The molecule has 0 saturated carbocycles. The fraction of sp³-hybridized carbons (Fsp3) is 0.500. The molecule has 1 atom stereocenters. The summed E-state index contributed by atoms with van der Waals surface area (Å²) in [5.74, 6) is 1.40. The van der Waals surface area contributed by atoms with E-state index in [2.05, 4.69) is 40.8 Å². The summed E-state index contributed by atoms with van der Waals surface area (Å²) in [6.07, 6.45) is 0.773. The SMILES string of the molecule is Cc1noc(CCN[C@@H](C)c2sccc2C)n1. The van der Waals surface area contributed by atoms with Crippen LogP contribution in [-0.2, 0) is 6.42 Å². The number of aromatic nitrogens is 2. The Hall–Kier alpha value is -1.20. The van der Waals surface area contributed by atoms with Crippen LogP contribution in [0.3, 0.4) is 0 Å². The predicted molar refractivity (Wildman–Crippen MR) is 68.2 cm³/mol. The molecule has 0 spiro atoms. The summed E-state index contributed by atoms with van der Waals surface area (Å²) >= 11 is 1.79. The van der Waals surface area contributed by atoms with Crippen LogP contribution in [0.1, 0.15) is 35.1 Å². The molecule has 0 aliphatic rings. The van der Waals surface area contributed by atoms with Crippen molar-refractivity contribution in [1.29, 1.82) is 0 Å². The molecule has 0 radical (unpaired) electrons. The van der Waals surface area contributed by atoms with E-state index in [1.165, 1.54) is 10.4 Å². The molecule has 0 saturated heterocycles. The Morgan fingerprint density at radius 2 is 2.29 bits per heavy atom. The van der Waals surface area contributed by atoms with Crippen LogP contribution < -0.4 is 5.32 Å². The molecule has 5 heteroatoms. The average molecular weight is 251 g/mol. The Kier molecular flexibility index (Phi) is 3.91. The van der Waals surface area contributed by atoms with Gasteiger partial charge in [0.05, 0.1) is 0 Å². The summed E-state index contributed by atoms with van der Waals surface area (Å²) in [5.41, 5.74) is 1.35. The van der Waals surface area contributed by atoms with Crippen LogP contribution in [0.25, 0.3) is 0 Å². The van der Waals surface area contributed by atoms with Gasteiger partial charge in [-0.05, 0) is 37.8 Å². The standard InChI is InChI=1S/C12H17N3OS/c1-8-5-7-17-12(8)9(2)13-6-4-11-14-10(3)15-16-11/h5,7,9,13H,4,6H2,1-3H3/t9-/m0/s1. The Labute approximate surface area is 105 Å². The first-order chi connectivity index (χ1) is 8.16. The second-order valence-corrected chi connectivity index (χ2v) is 5.08. The maximum absolute atomic E-state index is 5.06. The fourth-order valence-corrected chi connectivity index (χ4v) is 2.72. The van der Waals surface area contributed by atoms with E-state index in [-0.39, 0.29) is 0 Å². The quantitative estimate of drug-likeness (QED) is 0.887. The molecule has 2 aromatic heterocycles. The van der Waals surface area contributed by atoms with Crippen molar-refractivity contribution in [3.05, 3.63) is 33.6 Å². The van der Waals surface area contributed by atoms with Crippen LogP contribution in [0.15, 0.2) is 16.0 Å². The lowest BCUT2D eigenvalue weighted by atomic mass is 10.2. The largest absolute Gasteiger partial charge is 0.339 e. The van der Waals surface area contributed by atoms with E-state index < -0.39 is 0 Å². The summed E-state index contributed by atoms with van der Waals surface area (Å²) in [7, 11) is 0. The summed E-state index contributed by atoms with van der Waals surface area (Å²) in [4.78, 5) is 5.57. The second kappa shape index (κ2) is 5.42. The zero-order chi connectivity index (χ0) is 12.3. The van der Waals surface area contributed by atoms with Gasteiger partial charge in [-0.1, -0.05) is 5.16 Å². The van der Waals surface area contributed by atoms with Crippen molar-refractivity contribution in [2.24, 2.45) is 0 Å². The molecule has 0 unspecified atom stereocenters. The van der Waals surface area contributed by atoms with Crippen molar-refractivity contribution >= 4 is 11.3 Å². The normalized spacial score (nSPS) is 12.9. The van der Waals surface area contributed by atoms with E-state index in [0.717, 1.165) is 13.0 Å². The van der Waals surface area contributed by atoms with Gasteiger partial charge in [-0.3, -0.25) is 0 Å². The molecular formula is C12H17N3OS. The molecule has 92 valence electrons.